The van der Waals surface area contributed by atoms with E-state index in [0.29, 0.717) is 31.0 Å². The number of benzene rings is 3. The molecule has 0 fully saturated rings. The van der Waals surface area contributed by atoms with Gasteiger partial charge in [-0.25, -0.2) is 9.18 Å². The molecule has 0 unspecified atom stereocenters. The van der Waals surface area contributed by atoms with Crippen molar-refractivity contribution in [3.05, 3.63) is 88.7 Å². The summed E-state index contributed by atoms with van der Waals surface area (Å²) >= 11 is 0. The maximum absolute atomic E-state index is 13.3. The smallest absolute Gasteiger partial charge is 0.322 e. The molecule has 0 bridgehead atoms. The van der Waals surface area contributed by atoms with Gasteiger partial charge in [-0.2, -0.15) is 0 Å². The van der Waals surface area contributed by atoms with Crippen molar-refractivity contribution in [1.29, 1.82) is 0 Å². The minimum atomic E-state index is -0.300. The summed E-state index contributed by atoms with van der Waals surface area (Å²) in [5, 5.41) is 3.06. The molecular formula is C26H29FN2O3. The van der Waals surface area contributed by atoms with Gasteiger partial charge in [-0.05, 0) is 66.8 Å². The standard InChI is InChI=1S/C26H29FN2O3/c1-18-6-5-7-19(2)25(18)28-26(30)29(17-21-8-11-22(27)12-9-21)15-14-20-10-13-23(31-3)24(16-20)32-4/h5-13,16H,14-15,17H2,1-4H3,(H,28,30). The lowest BCUT2D eigenvalue weighted by molar-refractivity contribution is 0.209. The van der Waals surface area contributed by atoms with Crippen molar-refractivity contribution < 1.29 is 18.7 Å². The number of ether oxygens (including phenoxy) is 2. The Bertz CT molecular complexity index is 1050. The second-order valence-electron chi connectivity index (χ2n) is 7.68. The maximum Gasteiger partial charge on any atom is 0.322 e. The van der Waals surface area contributed by atoms with Crippen molar-refractivity contribution in [2.45, 2.75) is 26.8 Å². The van der Waals surface area contributed by atoms with Crippen LogP contribution in [0.2, 0.25) is 0 Å². The van der Waals surface area contributed by atoms with E-state index >= 15 is 0 Å². The van der Waals surface area contributed by atoms with Crippen LogP contribution in [0.25, 0.3) is 0 Å². The first-order valence-corrected chi connectivity index (χ1v) is 10.5. The molecule has 3 aromatic rings. The summed E-state index contributed by atoms with van der Waals surface area (Å²) in [6, 6.07) is 17.6. The Balaban J connectivity index is 1.80. The summed E-state index contributed by atoms with van der Waals surface area (Å²) in [5.41, 5.74) is 4.69. The van der Waals surface area contributed by atoms with E-state index in [4.69, 9.17) is 9.47 Å². The van der Waals surface area contributed by atoms with Gasteiger partial charge in [-0.1, -0.05) is 36.4 Å². The van der Waals surface area contributed by atoms with E-state index in [1.165, 1.54) is 12.1 Å². The topological polar surface area (TPSA) is 50.8 Å². The van der Waals surface area contributed by atoms with Crippen LogP contribution in [-0.2, 0) is 13.0 Å². The van der Waals surface area contributed by atoms with Gasteiger partial charge in [-0.15, -0.1) is 0 Å². The minimum absolute atomic E-state index is 0.202. The molecule has 0 saturated carbocycles. The van der Waals surface area contributed by atoms with Gasteiger partial charge in [0.15, 0.2) is 11.5 Å². The normalized spacial score (nSPS) is 10.5. The number of anilines is 1. The number of carbonyl (C=O) groups is 1. The highest BCUT2D eigenvalue weighted by atomic mass is 19.1. The Morgan fingerprint density at radius 1 is 0.906 bits per heavy atom. The Hall–Kier alpha value is -3.54. The van der Waals surface area contributed by atoms with Crippen LogP contribution >= 0.6 is 0 Å². The lowest BCUT2D eigenvalue weighted by Crippen LogP contribution is -2.36. The van der Waals surface area contributed by atoms with E-state index < -0.39 is 0 Å². The van der Waals surface area contributed by atoms with Gasteiger partial charge < -0.3 is 19.7 Å². The fraction of sp³-hybridized carbons (Fsp3) is 0.269. The number of hydrogen-bond donors (Lipinski definition) is 1. The van der Waals surface area contributed by atoms with Gasteiger partial charge in [0, 0.05) is 18.8 Å². The SMILES string of the molecule is COc1ccc(CCN(Cc2ccc(F)cc2)C(=O)Nc2c(C)cccc2C)cc1OC. The Kier molecular flexibility index (Phi) is 7.71. The van der Waals surface area contributed by atoms with E-state index in [-0.39, 0.29) is 11.8 Å². The molecule has 168 valence electrons. The van der Waals surface area contributed by atoms with Crippen molar-refractivity contribution in [1.82, 2.24) is 4.90 Å². The van der Waals surface area contributed by atoms with Gasteiger partial charge in [0.05, 0.1) is 14.2 Å². The van der Waals surface area contributed by atoms with Crippen molar-refractivity contribution in [2.75, 3.05) is 26.1 Å². The van der Waals surface area contributed by atoms with E-state index in [1.54, 1.807) is 31.3 Å². The summed E-state index contributed by atoms with van der Waals surface area (Å²) in [6.45, 7) is 4.78. The zero-order valence-electron chi connectivity index (χ0n) is 18.9. The number of nitrogens with one attached hydrogen (secondary N) is 1. The molecule has 0 heterocycles. The van der Waals surface area contributed by atoms with Crippen LogP contribution in [0.3, 0.4) is 0 Å². The molecule has 0 aromatic heterocycles. The molecule has 32 heavy (non-hydrogen) atoms. The number of hydrogen-bond acceptors (Lipinski definition) is 3. The summed E-state index contributed by atoms with van der Waals surface area (Å²) in [6.07, 6.45) is 0.627. The average Bonchev–Trinajstić information content (AvgIpc) is 2.80. The van der Waals surface area contributed by atoms with Crippen LogP contribution in [0.4, 0.5) is 14.9 Å². The quantitative estimate of drug-likeness (QED) is 0.490. The third-order valence-corrected chi connectivity index (χ3v) is 5.41. The highest BCUT2D eigenvalue weighted by Gasteiger charge is 2.17. The van der Waals surface area contributed by atoms with Crippen LogP contribution in [0.5, 0.6) is 11.5 Å². The monoisotopic (exact) mass is 436 g/mol. The van der Waals surface area contributed by atoms with Crippen molar-refractivity contribution in [3.63, 3.8) is 0 Å². The molecule has 0 atom stereocenters. The number of amides is 2. The first-order valence-electron chi connectivity index (χ1n) is 10.5. The summed E-state index contributed by atoms with van der Waals surface area (Å²) in [4.78, 5) is 15.0. The van der Waals surface area contributed by atoms with Crippen molar-refractivity contribution in [3.8, 4) is 11.5 Å². The molecular weight excluding hydrogens is 407 g/mol. The van der Waals surface area contributed by atoms with Crippen LogP contribution in [0.1, 0.15) is 22.3 Å². The molecule has 1 N–H and O–H groups in total. The van der Waals surface area contributed by atoms with Gasteiger partial charge >= 0.3 is 6.03 Å². The molecule has 5 nitrogen and oxygen atoms in total. The van der Waals surface area contributed by atoms with Crippen LogP contribution in [-0.4, -0.2) is 31.7 Å². The molecule has 0 aliphatic heterocycles. The number of aryl methyl sites for hydroxylation is 2. The molecule has 0 saturated heterocycles. The number of rotatable bonds is 8. The van der Waals surface area contributed by atoms with Crippen LogP contribution in [0.15, 0.2) is 60.7 Å². The Labute approximate surface area is 188 Å². The third kappa shape index (κ3) is 5.78. The van der Waals surface area contributed by atoms with Gasteiger partial charge in [0.2, 0.25) is 0 Å². The number of para-hydroxylation sites is 1. The number of urea groups is 1. The van der Waals surface area contributed by atoms with E-state index in [0.717, 1.165) is 27.9 Å². The molecule has 2 amide bonds. The predicted molar refractivity (Wildman–Crippen MR) is 125 cm³/mol. The largest absolute Gasteiger partial charge is 0.493 e. The zero-order chi connectivity index (χ0) is 23.1. The molecule has 0 spiro atoms. The molecule has 0 radical (unpaired) electrons. The minimum Gasteiger partial charge on any atom is -0.493 e. The van der Waals surface area contributed by atoms with Crippen molar-refractivity contribution in [2.24, 2.45) is 0 Å². The Morgan fingerprint density at radius 3 is 2.16 bits per heavy atom. The summed E-state index contributed by atoms with van der Waals surface area (Å²) in [7, 11) is 3.19. The van der Waals surface area contributed by atoms with E-state index in [2.05, 4.69) is 5.32 Å². The van der Waals surface area contributed by atoms with Crippen LogP contribution in [0, 0.1) is 19.7 Å². The van der Waals surface area contributed by atoms with E-state index in [9.17, 15) is 9.18 Å². The predicted octanol–water partition coefficient (Wildman–Crippen LogP) is 5.74. The van der Waals surface area contributed by atoms with Gasteiger partial charge in [0.1, 0.15) is 5.82 Å². The zero-order valence-corrected chi connectivity index (χ0v) is 18.9. The second kappa shape index (κ2) is 10.7. The highest BCUT2D eigenvalue weighted by molar-refractivity contribution is 5.91. The first-order chi connectivity index (χ1) is 15.4. The second-order valence-corrected chi connectivity index (χ2v) is 7.68. The molecule has 0 aliphatic carbocycles. The highest BCUT2D eigenvalue weighted by Crippen LogP contribution is 2.28. The first kappa shape index (κ1) is 23.1. The van der Waals surface area contributed by atoms with Gasteiger partial charge in [0.25, 0.3) is 0 Å². The third-order valence-electron chi connectivity index (χ3n) is 5.41. The summed E-state index contributed by atoms with van der Waals surface area (Å²) in [5.74, 6) is 1.01. The van der Waals surface area contributed by atoms with Crippen molar-refractivity contribution >= 4 is 11.7 Å². The maximum atomic E-state index is 13.3. The van der Waals surface area contributed by atoms with Gasteiger partial charge in [-0.3, -0.25) is 0 Å². The number of halogens is 1. The number of nitrogens with zero attached hydrogens (tertiary/aromatic N) is 1. The fourth-order valence-electron chi connectivity index (χ4n) is 3.56. The Morgan fingerprint density at radius 2 is 1.53 bits per heavy atom. The molecule has 3 aromatic carbocycles. The number of methoxy groups -OCH3 is 2. The lowest BCUT2D eigenvalue weighted by Gasteiger charge is -2.25. The molecule has 0 aliphatic rings. The molecule has 6 heteroatoms. The van der Waals surface area contributed by atoms with E-state index in [1.807, 2.05) is 50.2 Å². The fourth-order valence-corrected chi connectivity index (χ4v) is 3.56. The lowest BCUT2D eigenvalue weighted by atomic mass is 10.1. The molecule has 3 rings (SSSR count). The number of carbonyl (C=O) groups excluding carboxylic acids is 1. The van der Waals surface area contributed by atoms with Crippen LogP contribution < -0.4 is 14.8 Å². The summed E-state index contributed by atoms with van der Waals surface area (Å²) < 4.78 is 24.0. The average molecular weight is 437 g/mol.